The monoisotopic (exact) mass is 291 g/mol. The third kappa shape index (κ3) is 7.30. The first-order valence-corrected chi connectivity index (χ1v) is 7.68. The topological polar surface area (TPSA) is 66.8 Å². The lowest BCUT2D eigenvalue weighted by molar-refractivity contribution is -0.143. The van der Waals surface area contributed by atoms with E-state index in [1.807, 2.05) is 6.92 Å². The number of hydrogen-bond acceptors (Lipinski definition) is 4. The van der Waals surface area contributed by atoms with Gasteiger partial charge in [0.1, 0.15) is 11.6 Å². The summed E-state index contributed by atoms with van der Waals surface area (Å²) in [7, 11) is 0. The Bertz CT molecular complexity index is 302. The second kappa shape index (κ2) is 8.30. The zero-order valence-electron chi connectivity index (χ0n) is 12.4. The molecule has 1 atom stereocenters. The first-order valence-electron chi connectivity index (χ1n) is 6.53. The van der Waals surface area contributed by atoms with Crippen LogP contribution in [0.15, 0.2) is 0 Å². The Morgan fingerprint density at radius 2 is 1.89 bits per heavy atom. The molecule has 0 fully saturated rings. The van der Waals surface area contributed by atoms with Crippen LogP contribution < -0.4 is 0 Å². The number of ether oxygens (including phenoxy) is 1. The molecule has 0 aliphatic carbocycles. The predicted octanol–water partition coefficient (Wildman–Crippen LogP) is 2.84. The summed E-state index contributed by atoms with van der Waals surface area (Å²) in [6, 6.07) is -0.820. The number of amides is 1. The first kappa shape index (κ1) is 18.1. The average molecular weight is 291 g/mol. The maximum absolute atomic E-state index is 12.0. The maximum Gasteiger partial charge on any atom is 0.411 e. The van der Waals surface area contributed by atoms with Crippen molar-refractivity contribution in [2.75, 3.05) is 18.1 Å². The number of thioether (sulfide) groups is 1. The van der Waals surface area contributed by atoms with E-state index in [-0.39, 0.29) is 0 Å². The molecule has 5 nitrogen and oxygen atoms in total. The van der Waals surface area contributed by atoms with Gasteiger partial charge in [0.2, 0.25) is 0 Å². The van der Waals surface area contributed by atoms with Gasteiger partial charge in [-0.1, -0.05) is 6.92 Å². The summed E-state index contributed by atoms with van der Waals surface area (Å²) in [4.78, 5) is 24.6. The van der Waals surface area contributed by atoms with Gasteiger partial charge in [-0.15, -0.1) is 0 Å². The number of aliphatic carboxylic acids is 1. The van der Waals surface area contributed by atoms with Crippen LogP contribution >= 0.6 is 11.8 Å². The fraction of sp³-hybridized carbons (Fsp3) is 0.846. The minimum absolute atomic E-state index is 0.322. The van der Waals surface area contributed by atoms with Crippen LogP contribution in [-0.2, 0) is 9.53 Å². The predicted molar refractivity (Wildman–Crippen MR) is 77.7 cm³/mol. The molecule has 0 bridgehead atoms. The lowest BCUT2D eigenvalue weighted by atomic mass is 10.2. The van der Waals surface area contributed by atoms with Crippen LogP contribution in [0.2, 0.25) is 0 Å². The van der Waals surface area contributed by atoms with Crippen molar-refractivity contribution >= 4 is 23.8 Å². The molecule has 1 amide bonds. The van der Waals surface area contributed by atoms with Gasteiger partial charge in [0.05, 0.1) is 0 Å². The molecule has 1 N–H and O–H groups in total. The van der Waals surface area contributed by atoms with E-state index in [0.29, 0.717) is 18.7 Å². The summed E-state index contributed by atoms with van der Waals surface area (Å²) >= 11 is 1.66. The van der Waals surface area contributed by atoms with Crippen LogP contribution in [0, 0.1) is 0 Å². The van der Waals surface area contributed by atoms with Crippen molar-refractivity contribution < 1.29 is 19.4 Å². The molecule has 0 aromatic heterocycles. The van der Waals surface area contributed by atoms with Crippen LogP contribution in [-0.4, -0.2) is 51.8 Å². The zero-order chi connectivity index (χ0) is 15.1. The van der Waals surface area contributed by atoms with Crippen molar-refractivity contribution in [2.24, 2.45) is 0 Å². The van der Waals surface area contributed by atoms with Crippen molar-refractivity contribution in [3.05, 3.63) is 0 Å². The normalized spacial score (nSPS) is 12.9. The molecule has 0 aromatic rings. The van der Waals surface area contributed by atoms with Gasteiger partial charge in [0.15, 0.2) is 0 Å². The quantitative estimate of drug-likeness (QED) is 0.731. The van der Waals surface area contributed by atoms with Crippen molar-refractivity contribution in [1.29, 1.82) is 0 Å². The highest BCUT2D eigenvalue weighted by molar-refractivity contribution is 7.99. The minimum Gasteiger partial charge on any atom is -0.480 e. The lowest BCUT2D eigenvalue weighted by Crippen LogP contribution is -2.47. The van der Waals surface area contributed by atoms with Crippen LogP contribution in [0.5, 0.6) is 0 Å². The largest absolute Gasteiger partial charge is 0.480 e. The molecular weight excluding hydrogens is 266 g/mol. The zero-order valence-corrected chi connectivity index (χ0v) is 13.2. The molecule has 0 radical (unpaired) electrons. The SMILES string of the molecule is CCSCCC(C(=O)O)N(CC)C(=O)OC(C)(C)C. The summed E-state index contributed by atoms with van der Waals surface area (Å²) in [6.07, 6.45) is -0.134. The Morgan fingerprint density at radius 1 is 1.32 bits per heavy atom. The van der Waals surface area contributed by atoms with Crippen molar-refractivity contribution in [1.82, 2.24) is 4.90 Å². The summed E-state index contributed by atoms with van der Waals surface area (Å²) in [6.45, 7) is 9.39. The summed E-state index contributed by atoms with van der Waals surface area (Å²) in [5.74, 6) is 0.668. The summed E-state index contributed by atoms with van der Waals surface area (Å²) in [5, 5.41) is 9.26. The molecule has 19 heavy (non-hydrogen) atoms. The summed E-state index contributed by atoms with van der Waals surface area (Å²) < 4.78 is 5.25. The number of hydrogen-bond donors (Lipinski definition) is 1. The van der Waals surface area contributed by atoms with Crippen LogP contribution in [0.3, 0.4) is 0 Å². The second-order valence-electron chi connectivity index (χ2n) is 5.11. The molecule has 0 saturated heterocycles. The number of carboxylic acid groups (broad SMARTS) is 1. The van der Waals surface area contributed by atoms with Gasteiger partial charge in [-0.3, -0.25) is 4.90 Å². The van der Waals surface area contributed by atoms with E-state index in [1.54, 1.807) is 39.5 Å². The van der Waals surface area contributed by atoms with Crippen molar-refractivity contribution in [3.63, 3.8) is 0 Å². The van der Waals surface area contributed by atoms with Gasteiger partial charge < -0.3 is 9.84 Å². The average Bonchev–Trinajstić information content (AvgIpc) is 2.25. The summed E-state index contributed by atoms with van der Waals surface area (Å²) in [5.41, 5.74) is -0.619. The number of likely N-dealkylation sites (N-methyl/N-ethyl adjacent to an activating group) is 1. The van der Waals surface area contributed by atoms with E-state index in [4.69, 9.17) is 4.74 Å². The molecule has 0 aliphatic heterocycles. The van der Waals surface area contributed by atoms with Gasteiger partial charge in [-0.05, 0) is 45.6 Å². The molecule has 112 valence electrons. The second-order valence-corrected chi connectivity index (χ2v) is 6.50. The van der Waals surface area contributed by atoms with E-state index in [1.165, 1.54) is 4.90 Å². The van der Waals surface area contributed by atoms with Crippen LogP contribution in [0.1, 0.15) is 41.0 Å². The third-order valence-corrected chi connectivity index (χ3v) is 3.30. The Balaban J connectivity index is 4.74. The standard InChI is InChI=1S/C13H25NO4S/c1-6-14(12(17)18-13(3,4)5)10(11(15)16)8-9-19-7-2/h10H,6-9H2,1-5H3,(H,15,16). The fourth-order valence-corrected chi connectivity index (χ4v) is 2.23. The van der Waals surface area contributed by atoms with E-state index >= 15 is 0 Å². The number of carboxylic acids is 1. The maximum atomic E-state index is 12.0. The van der Waals surface area contributed by atoms with E-state index < -0.39 is 23.7 Å². The smallest absolute Gasteiger partial charge is 0.411 e. The Kier molecular flexibility index (Phi) is 7.90. The molecule has 0 aliphatic rings. The Morgan fingerprint density at radius 3 is 2.26 bits per heavy atom. The Hall–Kier alpha value is -0.910. The number of carbonyl (C=O) groups excluding carboxylic acids is 1. The third-order valence-electron chi connectivity index (χ3n) is 2.37. The van der Waals surface area contributed by atoms with Gasteiger partial charge >= 0.3 is 12.1 Å². The highest BCUT2D eigenvalue weighted by Crippen LogP contribution is 2.15. The van der Waals surface area contributed by atoms with Crippen molar-refractivity contribution in [3.8, 4) is 0 Å². The number of carbonyl (C=O) groups is 2. The first-order chi connectivity index (χ1) is 8.72. The molecule has 0 heterocycles. The highest BCUT2D eigenvalue weighted by Gasteiger charge is 2.31. The number of rotatable bonds is 7. The fourth-order valence-electron chi connectivity index (χ4n) is 1.55. The minimum atomic E-state index is -0.982. The van der Waals surface area contributed by atoms with E-state index in [9.17, 15) is 14.7 Å². The van der Waals surface area contributed by atoms with Gasteiger partial charge in [0, 0.05) is 6.54 Å². The van der Waals surface area contributed by atoms with Crippen LogP contribution in [0.25, 0.3) is 0 Å². The molecule has 0 rings (SSSR count). The van der Waals surface area contributed by atoms with Crippen molar-refractivity contribution in [2.45, 2.75) is 52.7 Å². The van der Waals surface area contributed by atoms with E-state index in [0.717, 1.165) is 5.75 Å². The molecule has 6 heteroatoms. The molecule has 0 spiro atoms. The lowest BCUT2D eigenvalue weighted by Gasteiger charge is -2.30. The molecule has 0 aromatic carbocycles. The van der Waals surface area contributed by atoms with E-state index in [2.05, 4.69) is 0 Å². The van der Waals surface area contributed by atoms with Gasteiger partial charge in [0.25, 0.3) is 0 Å². The Labute approximate surface area is 119 Å². The molecular formula is C13H25NO4S. The van der Waals surface area contributed by atoms with Gasteiger partial charge in [-0.2, -0.15) is 11.8 Å². The molecule has 0 saturated carbocycles. The van der Waals surface area contributed by atoms with Crippen LogP contribution in [0.4, 0.5) is 4.79 Å². The molecule has 1 unspecified atom stereocenters. The number of nitrogens with zero attached hydrogens (tertiary/aromatic N) is 1. The van der Waals surface area contributed by atoms with Gasteiger partial charge in [-0.25, -0.2) is 9.59 Å². The highest BCUT2D eigenvalue weighted by atomic mass is 32.2.